The lowest BCUT2D eigenvalue weighted by Crippen LogP contribution is -2.19. The average Bonchev–Trinajstić information content (AvgIpc) is 3.53. The fourth-order valence-corrected chi connectivity index (χ4v) is 3.71. The number of nitrogens with zero attached hydrogens (tertiary/aromatic N) is 4. The molecular weight excluding hydrogens is 368 g/mol. The third-order valence-corrected chi connectivity index (χ3v) is 5.06. The van der Waals surface area contributed by atoms with Crippen LogP contribution in [0, 0.1) is 0 Å². The van der Waals surface area contributed by atoms with Crippen molar-refractivity contribution in [2.24, 2.45) is 9.98 Å². The SMILES string of the molecule is c1cc2oc(Cc3nc4cc(C5=NCCN5)ccc4o3)nc2cc1C1=NCCN1. The van der Waals surface area contributed by atoms with Crippen LogP contribution in [0.25, 0.3) is 22.2 Å². The molecule has 8 heteroatoms. The second-order valence-corrected chi connectivity index (χ2v) is 7.07. The molecule has 29 heavy (non-hydrogen) atoms. The fraction of sp³-hybridized carbons (Fsp3) is 0.238. The van der Waals surface area contributed by atoms with Gasteiger partial charge in [-0.2, -0.15) is 0 Å². The molecule has 0 amide bonds. The molecule has 0 atom stereocenters. The first-order chi connectivity index (χ1) is 14.3. The van der Waals surface area contributed by atoms with Crippen LogP contribution < -0.4 is 10.6 Å². The zero-order valence-corrected chi connectivity index (χ0v) is 15.6. The third kappa shape index (κ3) is 2.93. The first-order valence-electron chi connectivity index (χ1n) is 9.68. The normalized spacial score (nSPS) is 16.1. The molecule has 2 aromatic heterocycles. The van der Waals surface area contributed by atoms with E-state index >= 15 is 0 Å². The Morgan fingerprint density at radius 1 is 0.724 bits per heavy atom. The van der Waals surface area contributed by atoms with Crippen LogP contribution in [-0.2, 0) is 6.42 Å². The molecule has 2 aliphatic rings. The molecular formula is C21H18N6O2. The highest BCUT2D eigenvalue weighted by Crippen LogP contribution is 2.23. The average molecular weight is 386 g/mol. The van der Waals surface area contributed by atoms with Crippen LogP contribution in [-0.4, -0.2) is 47.8 Å². The molecule has 2 aliphatic heterocycles. The molecule has 0 saturated heterocycles. The predicted octanol–water partition coefficient (Wildman–Crippen LogP) is 2.26. The molecule has 0 unspecified atom stereocenters. The smallest absolute Gasteiger partial charge is 0.204 e. The molecule has 4 aromatic rings. The van der Waals surface area contributed by atoms with Gasteiger partial charge >= 0.3 is 0 Å². The molecule has 0 saturated carbocycles. The molecule has 4 heterocycles. The maximum atomic E-state index is 5.89. The monoisotopic (exact) mass is 386 g/mol. The van der Waals surface area contributed by atoms with Crippen molar-refractivity contribution in [2.45, 2.75) is 6.42 Å². The summed E-state index contributed by atoms with van der Waals surface area (Å²) in [4.78, 5) is 18.1. The number of rotatable bonds is 4. The van der Waals surface area contributed by atoms with Crippen LogP contribution in [0.15, 0.2) is 55.2 Å². The van der Waals surface area contributed by atoms with E-state index in [2.05, 4.69) is 30.6 Å². The summed E-state index contributed by atoms with van der Waals surface area (Å²) in [5.41, 5.74) is 5.13. The van der Waals surface area contributed by atoms with Crippen molar-refractivity contribution < 1.29 is 8.83 Å². The van der Waals surface area contributed by atoms with Gasteiger partial charge in [-0.1, -0.05) is 0 Å². The summed E-state index contributed by atoms with van der Waals surface area (Å²) < 4.78 is 11.8. The van der Waals surface area contributed by atoms with Gasteiger partial charge in [-0.05, 0) is 36.4 Å². The number of nitrogens with one attached hydrogen (secondary N) is 2. The first kappa shape index (κ1) is 16.3. The largest absolute Gasteiger partial charge is 0.440 e. The van der Waals surface area contributed by atoms with E-state index in [4.69, 9.17) is 8.83 Å². The summed E-state index contributed by atoms with van der Waals surface area (Å²) in [6.45, 7) is 3.36. The third-order valence-electron chi connectivity index (χ3n) is 5.06. The second-order valence-electron chi connectivity index (χ2n) is 7.07. The van der Waals surface area contributed by atoms with E-state index < -0.39 is 0 Å². The Morgan fingerprint density at radius 2 is 1.24 bits per heavy atom. The van der Waals surface area contributed by atoms with Crippen molar-refractivity contribution in [3.8, 4) is 0 Å². The molecule has 144 valence electrons. The van der Waals surface area contributed by atoms with Gasteiger partial charge in [0.15, 0.2) is 11.2 Å². The summed E-state index contributed by atoms with van der Waals surface area (Å²) >= 11 is 0. The van der Waals surface area contributed by atoms with Crippen LogP contribution in [0.4, 0.5) is 0 Å². The minimum Gasteiger partial charge on any atom is -0.440 e. The van der Waals surface area contributed by atoms with Crippen molar-refractivity contribution in [3.05, 3.63) is 59.3 Å². The maximum Gasteiger partial charge on any atom is 0.204 e. The molecule has 6 rings (SSSR count). The number of fused-ring (bicyclic) bond motifs is 2. The molecule has 0 radical (unpaired) electrons. The highest BCUT2D eigenvalue weighted by Gasteiger charge is 2.15. The quantitative estimate of drug-likeness (QED) is 0.558. The van der Waals surface area contributed by atoms with Crippen LogP contribution in [0.5, 0.6) is 0 Å². The fourth-order valence-electron chi connectivity index (χ4n) is 3.71. The summed E-state index contributed by atoms with van der Waals surface area (Å²) in [6.07, 6.45) is 0.395. The lowest BCUT2D eigenvalue weighted by Gasteiger charge is -2.00. The van der Waals surface area contributed by atoms with Gasteiger partial charge < -0.3 is 19.5 Å². The van der Waals surface area contributed by atoms with Crippen LogP contribution >= 0.6 is 0 Å². The molecule has 0 fully saturated rings. The predicted molar refractivity (Wildman–Crippen MR) is 110 cm³/mol. The number of hydrogen-bond acceptors (Lipinski definition) is 8. The first-order valence-corrected chi connectivity index (χ1v) is 9.68. The zero-order chi connectivity index (χ0) is 19.2. The molecule has 0 spiro atoms. The van der Waals surface area contributed by atoms with E-state index in [1.807, 2.05) is 36.4 Å². The summed E-state index contributed by atoms with van der Waals surface area (Å²) in [6, 6.07) is 11.8. The van der Waals surface area contributed by atoms with Gasteiger partial charge in [0.2, 0.25) is 11.8 Å². The Morgan fingerprint density at radius 3 is 1.69 bits per heavy atom. The van der Waals surface area contributed by atoms with E-state index in [0.717, 1.165) is 71.2 Å². The van der Waals surface area contributed by atoms with Crippen molar-refractivity contribution in [2.75, 3.05) is 26.2 Å². The van der Waals surface area contributed by atoms with Crippen LogP contribution in [0.1, 0.15) is 22.9 Å². The molecule has 2 N–H and O–H groups in total. The minimum atomic E-state index is 0.395. The minimum absolute atomic E-state index is 0.395. The Balaban J connectivity index is 1.29. The Kier molecular flexibility index (Phi) is 3.62. The Hall–Kier alpha value is -3.68. The number of benzene rings is 2. The van der Waals surface area contributed by atoms with E-state index in [9.17, 15) is 0 Å². The van der Waals surface area contributed by atoms with Gasteiger partial charge in [0.1, 0.15) is 29.1 Å². The van der Waals surface area contributed by atoms with E-state index in [1.54, 1.807) is 0 Å². The van der Waals surface area contributed by atoms with Gasteiger partial charge in [-0.15, -0.1) is 0 Å². The van der Waals surface area contributed by atoms with Crippen LogP contribution in [0.2, 0.25) is 0 Å². The van der Waals surface area contributed by atoms with E-state index in [-0.39, 0.29) is 0 Å². The Bertz CT molecular complexity index is 1200. The highest BCUT2D eigenvalue weighted by atomic mass is 16.4. The van der Waals surface area contributed by atoms with Gasteiger partial charge in [0.25, 0.3) is 0 Å². The van der Waals surface area contributed by atoms with Gasteiger partial charge in [-0.25, -0.2) is 9.97 Å². The molecule has 0 aliphatic carbocycles. The molecule has 2 aromatic carbocycles. The van der Waals surface area contributed by atoms with E-state index in [0.29, 0.717) is 18.2 Å². The van der Waals surface area contributed by atoms with Gasteiger partial charge in [0, 0.05) is 24.2 Å². The van der Waals surface area contributed by atoms with Gasteiger partial charge in [-0.3, -0.25) is 9.98 Å². The number of amidine groups is 2. The number of oxazole rings is 2. The lowest BCUT2D eigenvalue weighted by molar-refractivity contribution is 0.488. The summed E-state index contributed by atoms with van der Waals surface area (Å²) in [7, 11) is 0. The number of hydrogen-bond donors (Lipinski definition) is 2. The van der Waals surface area contributed by atoms with Gasteiger partial charge in [0.05, 0.1) is 13.1 Å². The van der Waals surface area contributed by atoms with Crippen molar-refractivity contribution in [1.29, 1.82) is 0 Å². The summed E-state index contributed by atoms with van der Waals surface area (Å²) in [5, 5.41) is 6.56. The van der Waals surface area contributed by atoms with Crippen molar-refractivity contribution in [1.82, 2.24) is 20.6 Å². The van der Waals surface area contributed by atoms with Crippen molar-refractivity contribution >= 4 is 33.9 Å². The number of aliphatic imine (C=N–C) groups is 2. The second kappa shape index (κ2) is 6.44. The topological polar surface area (TPSA) is 101 Å². The highest BCUT2D eigenvalue weighted by molar-refractivity contribution is 6.02. The van der Waals surface area contributed by atoms with Crippen LogP contribution in [0.3, 0.4) is 0 Å². The Labute approximate surface area is 165 Å². The van der Waals surface area contributed by atoms with Crippen molar-refractivity contribution in [3.63, 3.8) is 0 Å². The standard InChI is InChI=1S/C21H18N6O2/c1-3-16-14(9-12(1)20-22-5-6-23-20)26-18(28-16)11-19-27-15-10-13(2-4-17(15)29-19)21-24-7-8-25-21/h1-4,9-10H,5-8,11H2,(H,22,23)(H,24,25). The molecule has 0 bridgehead atoms. The summed E-state index contributed by atoms with van der Waals surface area (Å²) in [5.74, 6) is 2.97. The lowest BCUT2D eigenvalue weighted by atomic mass is 10.2. The zero-order valence-electron chi connectivity index (χ0n) is 15.6. The maximum absolute atomic E-state index is 5.89. The number of aromatic nitrogens is 2. The molecule has 8 nitrogen and oxygen atoms in total. The van der Waals surface area contributed by atoms with E-state index in [1.165, 1.54) is 0 Å².